The van der Waals surface area contributed by atoms with Crippen LogP contribution in [0.2, 0.25) is 0 Å². The number of ether oxygens (including phenoxy) is 1. The van der Waals surface area contributed by atoms with Crippen molar-refractivity contribution >= 4 is 57.3 Å². The van der Waals surface area contributed by atoms with E-state index in [2.05, 4.69) is 5.32 Å². The fourth-order valence-corrected chi connectivity index (χ4v) is 5.19. The summed E-state index contributed by atoms with van der Waals surface area (Å²) in [5, 5.41) is 3.28. The second kappa shape index (κ2) is 9.68. The lowest BCUT2D eigenvalue weighted by Gasteiger charge is -2.10. The number of thioether (sulfide) groups is 1. The maximum atomic E-state index is 13.0. The van der Waals surface area contributed by atoms with Crippen LogP contribution in [-0.4, -0.2) is 32.4 Å². The third-order valence-corrected chi connectivity index (χ3v) is 6.95. The van der Waals surface area contributed by atoms with E-state index in [0.717, 1.165) is 17.1 Å². The maximum absolute atomic E-state index is 13.0. The standard InChI is InChI=1S/C22H20N4O3S3/c1-3-29-16-11-9-15(10-12-16)26-19-18(32-22(26)30)20(28)25(2)21(24-19)31-13-17(27)23-14-7-5-4-6-8-14/h4-12H,3,13H2,1-2H3,(H,23,27). The molecule has 4 rings (SSSR count). The van der Waals surface area contributed by atoms with Crippen molar-refractivity contribution in [1.82, 2.24) is 14.1 Å². The van der Waals surface area contributed by atoms with Crippen molar-refractivity contribution in [2.24, 2.45) is 7.05 Å². The number of aromatic nitrogens is 3. The van der Waals surface area contributed by atoms with Gasteiger partial charge in [-0.2, -0.15) is 0 Å². The van der Waals surface area contributed by atoms with Crippen LogP contribution in [0.5, 0.6) is 5.75 Å². The molecule has 0 unspecified atom stereocenters. The Labute approximate surface area is 197 Å². The SMILES string of the molecule is CCOc1ccc(-n2c(=S)sc3c(=O)n(C)c(SCC(=O)Nc4ccccc4)nc32)cc1. The number of anilines is 1. The molecule has 164 valence electrons. The van der Waals surface area contributed by atoms with Gasteiger partial charge in [0.15, 0.2) is 14.8 Å². The van der Waals surface area contributed by atoms with Crippen LogP contribution in [0.4, 0.5) is 5.69 Å². The van der Waals surface area contributed by atoms with Gasteiger partial charge in [-0.25, -0.2) is 4.98 Å². The number of nitrogens with zero attached hydrogens (tertiary/aromatic N) is 3. The number of hydrogen-bond acceptors (Lipinski definition) is 7. The van der Waals surface area contributed by atoms with E-state index in [1.54, 1.807) is 11.6 Å². The Morgan fingerprint density at radius 3 is 2.59 bits per heavy atom. The van der Waals surface area contributed by atoms with Crippen molar-refractivity contribution in [3.05, 3.63) is 68.9 Å². The van der Waals surface area contributed by atoms with E-state index in [1.807, 2.05) is 61.5 Å². The van der Waals surface area contributed by atoms with Gasteiger partial charge in [-0.05, 0) is 55.5 Å². The maximum Gasteiger partial charge on any atom is 0.273 e. The summed E-state index contributed by atoms with van der Waals surface area (Å²) in [5.74, 6) is 0.699. The lowest BCUT2D eigenvalue weighted by Crippen LogP contribution is -2.21. The van der Waals surface area contributed by atoms with Gasteiger partial charge in [0, 0.05) is 18.4 Å². The van der Waals surface area contributed by atoms with Crippen molar-refractivity contribution in [1.29, 1.82) is 0 Å². The highest BCUT2D eigenvalue weighted by molar-refractivity contribution is 7.99. The van der Waals surface area contributed by atoms with Crippen molar-refractivity contribution in [2.75, 3.05) is 17.7 Å². The van der Waals surface area contributed by atoms with E-state index >= 15 is 0 Å². The van der Waals surface area contributed by atoms with E-state index in [0.29, 0.717) is 26.1 Å². The first kappa shape index (κ1) is 22.3. The Morgan fingerprint density at radius 1 is 1.19 bits per heavy atom. The second-order valence-corrected chi connectivity index (χ2v) is 9.33. The fraction of sp³-hybridized carbons (Fsp3) is 0.182. The minimum Gasteiger partial charge on any atom is -0.494 e. The van der Waals surface area contributed by atoms with Crippen LogP contribution in [0.3, 0.4) is 0 Å². The normalized spacial score (nSPS) is 10.9. The Kier molecular flexibility index (Phi) is 6.73. The molecule has 0 bridgehead atoms. The number of benzene rings is 2. The summed E-state index contributed by atoms with van der Waals surface area (Å²) in [7, 11) is 1.65. The zero-order valence-corrected chi connectivity index (χ0v) is 19.9. The summed E-state index contributed by atoms with van der Waals surface area (Å²) in [5.41, 5.74) is 1.81. The third-order valence-electron chi connectivity index (χ3n) is 4.57. The summed E-state index contributed by atoms with van der Waals surface area (Å²) in [6, 6.07) is 16.7. The Bertz CT molecular complexity index is 1380. The smallest absolute Gasteiger partial charge is 0.273 e. The van der Waals surface area contributed by atoms with Gasteiger partial charge in [-0.15, -0.1) is 0 Å². The molecule has 0 spiro atoms. The molecule has 0 radical (unpaired) electrons. The molecular formula is C22H20N4O3S3. The van der Waals surface area contributed by atoms with Crippen molar-refractivity contribution in [3.63, 3.8) is 0 Å². The second-order valence-electron chi connectivity index (χ2n) is 6.74. The van der Waals surface area contributed by atoms with Gasteiger partial charge >= 0.3 is 0 Å². The third kappa shape index (κ3) is 4.62. The quantitative estimate of drug-likeness (QED) is 0.234. The highest BCUT2D eigenvalue weighted by Crippen LogP contribution is 2.26. The first-order chi connectivity index (χ1) is 15.5. The Balaban J connectivity index is 1.65. The molecule has 2 aromatic carbocycles. The van der Waals surface area contributed by atoms with Gasteiger partial charge < -0.3 is 10.1 Å². The van der Waals surface area contributed by atoms with Crippen LogP contribution in [0.15, 0.2) is 64.5 Å². The highest BCUT2D eigenvalue weighted by Gasteiger charge is 2.17. The van der Waals surface area contributed by atoms with Gasteiger partial charge in [0.2, 0.25) is 5.91 Å². The minimum absolute atomic E-state index is 0.120. The molecule has 1 N–H and O–H groups in total. The van der Waals surface area contributed by atoms with Crippen molar-refractivity contribution in [2.45, 2.75) is 12.1 Å². The van der Waals surface area contributed by atoms with Crippen LogP contribution in [0, 0.1) is 3.95 Å². The topological polar surface area (TPSA) is 78.1 Å². The average molecular weight is 485 g/mol. The molecule has 7 nitrogen and oxygen atoms in total. The number of nitrogens with one attached hydrogen (secondary N) is 1. The summed E-state index contributed by atoms with van der Waals surface area (Å²) >= 11 is 7.96. The molecule has 1 amide bonds. The van der Waals surface area contributed by atoms with E-state index in [1.165, 1.54) is 27.7 Å². The van der Waals surface area contributed by atoms with Gasteiger partial charge in [0.1, 0.15) is 10.4 Å². The van der Waals surface area contributed by atoms with Crippen LogP contribution < -0.4 is 15.6 Å². The Hall–Kier alpha value is -2.95. The molecule has 32 heavy (non-hydrogen) atoms. The molecule has 0 aliphatic heterocycles. The molecule has 0 atom stereocenters. The molecule has 0 fully saturated rings. The monoisotopic (exact) mass is 484 g/mol. The number of para-hydroxylation sites is 1. The molecule has 10 heteroatoms. The van der Waals surface area contributed by atoms with Crippen LogP contribution >= 0.6 is 35.3 Å². The average Bonchev–Trinajstić information content (AvgIpc) is 3.13. The molecule has 0 aliphatic carbocycles. The van der Waals surface area contributed by atoms with E-state index in [-0.39, 0.29) is 17.2 Å². The Morgan fingerprint density at radius 2 is 1.91 bits per heavy atom. The van der Waals surface area contributed by atoms with Crippen molar-refractivity contribution < 1.29 is 9.53 Å². The fourth-order valence-electron chi connectivity index (χ4n) is 3.08. The number of carbonyl (C=O) groups is 1. The van der Waals surface area contributed by atoms with Gasteiger partial charge in [0.25, 0.3) is 5.56 Å². The zero-order valence-electron chi connectivity index (χ0n) is 17.4. The van der Waals surface area contributed by atoms with Crippen LogP contribution in [0.25, 0.3) is 16.0 Å². The van der Waals surface area contributed by atoms with E-state index < -0.39 is 0 Å². The number of rotatable bonds is 7. The molecule has 0 aliphatic rings. The molecule has 4 aromatic rings. The van der Waals surface area contributed by atoms with Crippen LogP contribution in [0.1, 0.15) is 6.92 Å². The predicted molar refractivity (Wildman–Crippen MR) is 132 cm³/mol. The van der Waals surface area contributed by atoms with Gasteiger partial charge in [-0.1, -0.05) is 41.3 Å². The lowest BCUT2D eigenvalue weighted by molar-refractivity contribution is -0.113. The number of fused-ring (bicyclic) bond motifs is 1. The summed E-state index contributed by atoms with van der Waals surface area (Å²) in [4.78, 5) is 30.0. The van der Waals surface area contributed by atoms with E-state index in [9.17, 15) is 9.59 Å². The predicted octanol–water partition coefficient (Wildman–Crippen LogP) is 4.64. The number of carbonyl (C=O) groups excluding carboxylic acids is 1. The minimum atomic E-state index is -0.193. The van der Waals surface area contributed by atoms with Crippen LogP contribution in [-0.2, 0) is 11.8 Å². The molecule has 0 saturated carbocycles. The molecular weight excluding hydrogens is 464 g/mol. The van der Waals surface area contributed by atoms with Crippen molar-refractivity contribution in [3.8, 4) is 11.4 Å². The number of thiazole rings is 1. The largest absolute Gasteiger partial charge is 0.494 e. The summed E-state index contributed by atoms with van der Waals surface area (Å²) < 4.78 is 9.74. The number of hydrogen-bond donors (Lipinski definition) is 1. The summed E-state index contributed by atoms with van der Waals surface area (Å²) in [6.07, 6.45) is 0. The highest BCUT2D eigenvalue weighted by atomic mass is 32.2. The molecule has 2 aromatic heterocycles. The number of amides is 1. The van der Waals surface area contributed by atoms with Gasteiger partial charge in [-0.3, -0.25) is 18.7 Å². The lowest BCUT2D eigenvalue weighted by atomic mass is 10.3. The molecule has 2 heterocycles. The summed E-state index contributed by atoms with van der Waals surface area (Å²) in [6.45, 7) is 2.51. The molecule has 0 saturated heterocycles. The van der Waals surface area contributed by atoms with E-state index in [4.69, 9.17) is 21.9 Å². The van der Waals surface area contributed by atoms with Gasteiger partial charge in [0.05, 0.1) is 12.4 Å². The first-order valence-electron chi connectivity index (χ1n) is 9.81. The first-order valence-corrected chi connectivity index (χ1v) is 12.0. The zero-order chi connectivity index (χ0) is 22.7.